The molecule has 2 aromatic rings. The standard InChI is InChI=1S/C20H26N2O7S/c1-22(30(24,25)14-9-10-18(28-4)19(11-14)29-5)13-20(23)21-12-15-16(26-2)7-6-8-17(15)27-3/h6-11H,12-13H2,1-5H3,(H,21,23). The fourth-order valence-electron chi connectivity index (χ4n) is 2.79. The van der Waals surface area contributed by atoms with Gasteiger partial charge in [0.25, 0.3) is 0 Å². The Morgan fingerprint density at radius 1 is 0.900 bits per heavy atom. The van der Waals surface area contributed by atoms with Gasteiger partial charge in [0.1, 0.15) is 11.5 Å². The van der Waals surface area contributed by atoms with E-state index in [4.69, 9.17) is 18.9 Å². The van der Waals surface area contributed by atoms with Crippen molar-refractivity contribution in [3.63, 3.8) is 0 Å². The highest BCUT2D eigenvalue weighted by molar-refractivity contribution is 7.89. The summed E-state index contributed by atoms with van der Waals surface area (Å²) in [4.78, 5) is 12.4. The molecule has 0 aliphatic heterocycles. The molecule has 2 aromatic carbocycles. The number of carbonyl (C=O) groups is 1. The Kier molecular flexibility index (Phi) is 7.90. The van der Waals surface area contributed by atoms with Gasteiger partial charge in [-0.05, 0) is 24.3 Å². The van der Waals surface area contributed by atoms with Crippen molar-refractivity contribution in [2.75, 3.05) is 42.0 Å². The first-order valence-electron chi connectivity index (χ1n) is 8.93. The number of hydrogen-bond acceptors (Lipinski definition) is 7. The smallest absolute Gasteiger partial charge is 0.243 e. The molecule has 0 radical (unpaired) electrons. The maximum atomic E-state index is 12.8. The molecule has 0 aliphatic rings. The van der Waals surface area contributed by atoms with Crippen LogP contribution in [0, 0.1) is 0 Å². The van der Waals surface area contributed by atoms with Crippen molar-refractivity contribution in [3.05, 3.63) is 42.0 Å². The van der Waals surface area contributed by atoms with Crippen molar-refractivity contribution in [1.29, 1.82) is 0 Å². The van der Waals surface area contributed by atoms with Gasteiger partial charge >= 0.3 is 0 Å². The summed E-state index contributed by atoms with van der Waals surface area (Å²) in [5.74, 6) is 1.32. The largest absolute Gasteiger partial charge is 0.496 e. The predicted octanol–water partition coefficient (Wildman–Crippen LogP) is 1.66. The second-order valence-corrected chi connectivity index (χ2v) is 8.24. The molecule has 1 N–H and O–H groups in total. The lowest BCUT2D eigenvalue weighted by molar-refractivity contribution is -0.121. The first-order chi connectivity index (χ1) is 14.3. The van der Waals surface area contributed by atoms with E-state index in [2.05, 4.69) is 5.32 Å². The molecule has 9 nitrogen and oxygen atoms in total. The van der Waals surface area contributed by atoms with E-state index in [0.29, 0.717) is 22.8 Å². The molecule has 30 heavy (non-hydrogen) atoms. The number of rotatable bonds is 10. The minimum atomic E-state index is -3.91. The van der Waals surface area contributed by atoms with Gasteiger partial charge in [0.05, 0.1) is 52.0 Å². The number of ether oxygens (including phenoxy) is 4. The number of carbonyl (C=O) groups excluding carboxylic acids is 1. The Balaban J connectivity index is 2.10. The van der Waals surface area contributed by atoms with Gasteiger partial charge in [0, 0.05) is 13.1 Å². The van der Waals surface area contributed by atoms with Gasteiger partial charge in [-0.3, -0.25) is 4.79 Å². The maximum absolute atomic E-state index is 12.8. The van der Waals surface area contributed by atoms with Crippen molar-refractivity contribution in [1.82, 2.24) is 9.62 Å². The highest BCUT2D eigenvalue weighted by atomic mass is 32.2. The van der Waals surface area contributed by atoms with Gasteiger partial charge in [-0.2, -0.15) is 4.31 Å². The lowest BCUT2D eigenvalue weighted by Crippen LogP contribution is -2.38. The summed E-state index contributed by atoms with van der Waals surface area (Å²) < 4.78 is 47.5. The molecule has 0 unspecified atom stereocenters. The molecule has 0 bridgehead atoms. The quantitative estimate of drug-likeness (QED) is 0.602. The van der Waals surface area contributed by atoms with Crippen LogP contribution in [-0.4, -0.2) is 60.7 Å². The van der Waals surface area contributed by atoms with Gasteiger partial charge < -0.3 is 24.3 Å². The van der Waals surface area contributed by atoms with Gasteiger partial charge in [-0.1, -0.05) is 6.07 Å². The highest BCUT2D eigenvalue weighted by Gasteiger charge is 2.24. The molecule has 2 rings (SSSR count). The average Bonchev–Trinajstić information content (AvgIpc) is 2.76. The van der Waals surface area contributed by atoms with E-state index in [1.807, 2.05) is 0 Å². The van der Waals surface area contributed by atoms with Crippen LogP contribution >= 0.6 is 0 Å². The zero-order valence-corrected chi connectivity index (χ0v) is 18.4. The van der Waals surface area contributed by atoms with E-state index in [1.54, 1.807) is 18.2 Å². The topological polar surface area (TPSA) is 103 Å². The second kappa shape index (κ2) is 10.2. The average molecular weight is 439 g/mol. The first-order valence-corrected chi connectivity index (χ1v) is 10.4. The second-order valence-electron chi connectivity index (χ2n) is 6.20. The van der Waals surface area contributed by atoms with Crippen LogP contribution < -0.4 is 24.3 Å². The summed E-state index contributed by atoms with van der Waals surface area (Å²) in [6.07, 6.45) is 0. The third kappa shape index (κ3) is 5.14. The lowest BCUT2D eigenvalue weighted by atomic mass is 10.1. The minimum Gasteiger partial charge on any atom is -0.496 e. The number of likely N-dealkylation sites (N-methyl/N-ethyl adjacent to an activating group) is 1. The number of methoxy groups -OCH3 is 4. The minimum absolute atomic E-state index is 0.0122. The van der Waals surface area contributed by atoms with E-state index in [-0.39, 0.29) is 23.7 Å². The van der Waals surface area contributed by atoms with Gasteiger partial charge in [-0.15, -0.1) is 0 Å². The van der Waals surface area contributed by atoms with Crippen LogP contribution in [0.4, 0.5) is 0 Å². The molecule has 0 atom stereocenters. The lowest BCUT2D eigenvalue weighted by Gasteiger charge is -2.18. The predicted molar refractivity (Wildman–Crippen MR) is 111 cm³/mol. The number of sulfonamides is 1. The Morgan fingerprint density at radius 3 is 2.00 bits per heavy atom. The van der Waals surface area contributed by atoms with Crippen molar-refractivity contribution < 1.29 is 32.2 Å². The Bertz CT molecular complexity index is 970. The molecule has 0 aliphatic carbocycles. The molecular formula is C20H26N2O7S. The molecule has 0 fully saturated rings. The first kappa shape index (κ1) is 23.3. The number of nitrogens with one attached hydrogen (secondary N) is 1. The molecule has 10 heteroatoms. The van der Waals surface area contributed by atoms with E-state index in [0.717, 1.165) is 4.31 Å². The van der Waals surface area contributed by atoms with Crippen molar-refractivity contribution in [2.24, 2.45) is 0 Å². The Labute approximate surface area is 176 Å². The van der Waals surface area contributed by atoms with Crippen LogP contribution in [0.15, 0.2) is 41.3 Å². The number of benzene rings is 2. The molecule has 0 saturated heterocycles. The van der Waals surface area contributed by atoms with Crippen molar-refractivity contribution in [2.45, 2.75) is 11.4 Å². The molecule has 0 saturated carbocycles. The molecule has 1 amide bonds. The number of hydrogen-bond donors (Lipinski definition) is 1. The van der Waals surface area contributed by atoms with Gasteiger partial charge in [-0.25, -0.2) is 8.42 Å². The summed E-state index contributed by atoms with van der Waals surface area (Å²) in [6.45, 7) is -0.246. The Morgan fingerprint density at radius 2 is 1.47 bits per heavy atom. The summed E-state index contributed by atoms with van der Waals surface area (Å²) in [5, 5.41) is 2.69. The Hall–Kier alpha value is -2.98. The molecular weight excluding hydrogens is 412 g/mol. The van der Waals surface area contributed by atoms with E-state index in [1.165, 1.54) is 53.7 Å². The van der Waals surface area contributed by atoms with Crippen LogP contribution in [0.1, 0.15) is 5.56 Å². The normalized spacial score (nSPS) is 11.1. The summed E-state index contributed by atoms with van der Waals surface area (Å²) in [5.41, 5.74) is 0.654. The fraction of sp³-hybridized carbons (Fsp3) is 0.350. The molecule has 0 spiro atoms. The summed E-state index contributed by atoms with van der Waals surface area (Å²) in [6, 6.07) is 9.50. The van der Waals surface area contributed by atoms with Crippen LogP contribution in [0.2, 0.25) is 0 Å². The van der Waals surface area contributed by atoms with Crippen LogP contribution in [0.25, 0.3) is 0 Å². The van der Waals surface area contributed by atoms with E-state index in [9.17, 15) is 13.2 Å². The summed E-state index contributed by atoms with van der Waals surface area (Å²) >= 11 is 0. The zero-order valence-electron chi connectivity index (χ0n) is 17.6. The monoisotopic (exact) mass is 438 g/mol. The molecule has 0 aromatic heterocycles. The van der Waals surface area contributed by atoms with Crippen molar-refractivity contribution in [3.8, 4) is 23.0 Å². The van der Waals surface area contributed by atoms with E-state index >= 15 is 0 Å². The third-order valence-corrected chi connectivity index (χ3v) is 6.22. The van der Waals surface area contributed by atoms with Crippen LogP contribution in [-0.2, 0) is 21.4 Å². The van der Waals surface area contributed by atoms with Gasteiger partial charge in [0.15, 0.2) is 11.5 Å². The summed E-state index contributed by atoms with van der Waals surface area (Å²) in [7, 11) is 3.32. The highest BCUT2D eigenvalue weighted by Crippen LogP contribution is 2.30. The van der Waals surface area contributed by atoms with E-state index < -0.39 is 15.9 Å². The zero-order chi connectivity index (χ0) is 22.3. The third-order valence-electron chi connectivity index (χ3n) is 4.42. The van der Waals surface area contributed by atoms with Crippen LogP contribution in [0.5, 0.6) is 23.0 Å². The molecule has 0 heterocycles. The number of nitrogens with zero attached hydrogens (tertiary/aromatic N) is 1. The number of amides is 1. The van der Waals surface area contributed by atoms with Crippen molar-refractivity contribution >= 4 is 15.9 Å². The maximum Gasteiger partial charge on any atom is 0.243 e. The van der Waals surface area contributed by atoms with Gasteiger partial charge in [0.2, 0.25) is 15.9 Å². The fourth-order valence-corrected chi connectivity index (χ4v) is 3.93. The molecule has 164 valence electrons. The SMILES string of the molecule is COc1ccc(S(=O)(=O)N(C)CC(=O)NCc2c(OC)cccc2OC)cc1OC. The van der Waals surface area contributed by atoms with Crippen LogP contribution in [0.3, 0.4) is 0 Å².